The summed E-state index contributed by atoms with van der Waals surface area (Å²) in [7, 11) is 0. The molecule has 2 N–H and O–H groups in total. The van der Waals surface area contributed by atoms with Gasteiger partial charge in [-0.25, -0.2) is 4.98 Å². The molecule has 1 unspecified atom stereocenters. The summed E-state index contributed by atoms with van der Waals surface area (Å²) in [6.07, 6.45) is 3.77. The molecule has 3 aromatic rings. The number of amides is 1. The molecule has 5 heteroatoms. The molecule has 5 rings (SSSR count). The van der Waals surface area contributed by atoms with Crippen LogP contribution in [-0.2, 0) is 6.54 Å². The molecule has 0 radical (unpaired) electrons. The Morgan fingerprint density at radius 3 is 2.61 bits per heavy atom. The Balaban J connectivity index is 0.000000932. The molecule has 0 bridgehead atoms. The first-order valence-electron chi connectivity index (χ1n) is 10.4. The molecule has 1 amide bonds. The predicted molar refractivity (Wildman–Crippen MR) is 113 cm³/mol. The molecule has 3 heterocycles. The third-order valence-electron chi connectivity index (χ3n) is 5.51. The first kappa shape index (κ1) is 18.7. The van der Waals surface area contributed by atoms with E-state index in [9.17, 15) is 4.79 Å². The topological polar surface area (TPSA) is 59.0 Å². The number of piperidine rings is 1. The molecule has 2 aliphatic rings. The Labute approximate surface area is 166 Å². The molecule has 1 aromatic heterocycles. The van der Waals surface area contributed by atoms with Crippen LogP contribution in [0.1, 0.15) is 55.1 Å². The standard InChI is InChI=1S/C21H22N4O.C2H6/c26-21-16-4-3-6-18-19(16)25(13-12-23-21)20(24-18)15-9-7-14(8-10-15)17-5-1-2-11-22-17;1-2/h3-4,6-10,17,22H,1-2,5,11-13H2,(H,23,26);1-2H3. The van der Waals surface area contributed by atoms with Crippen molar-refractivity contribution in [2.24, 2.45) is 0 Å². The van der Waals surface area contributed by atoms with Gasteiger partial charge in [0.1, 0.15) is 5.82 Å². The molecule has 5 nitrogen and oxygen atoms in total. The molecule has 1 atom stereocenters. The fraction of sp³-hybridized carbons (Fsp3) is 0.391. The van der Waals surface area contributed by atoms with Crippen molar-refractivity contribution >= 4 is 16.9 Å². The van der Waals surface area contributed by atoms with Crippen LogP contribution >= 0.6 is 0 Å². The number of hydrogen-bond acceptors (Lipinski definition) is 3. The number of nitrogens with one attached hydrogen (secondary N) is 2. The third-order valence-corrected chi connectivity index (χ3v) is 5.51. The average Bonchev–Trinajstić information content (AvgIpc) is 3.05. The van der Waals surface area contributed by atoms with Crippen molar-refractivity contribution in [1.29, 1.82) is 0 Å². The van der Waals surface area contributed by atoms with Crippen molar-refractivity contribution in [3.8, 4) is 11.4 Å². The minimum absolute atomic E-state index is 0.0143. The van der Waals surface area contributed by atoms with E-state index in [0.29, 0.717) is 18.2 Å². The van der Waals surface area contributed by atoms with Crippen LogP contribution in [0.2, 0.25) is 0 Å². The molecular weight excluding hydrogens is 348 g/mol. The van der Waals surface area contributed by atoms with Gasteiger partial charge in [-0.05, 0) is 37.1 Å². The maximum Gasteiger partial charge on any atom is 0.253 e. The van der Waals surface area contributed by atoms with Crippen molar-refractivity contribution in [3.05, 3.63) is 53.6 Å². The molecule has 0 aliphatic carbocycles. The molecule has 146 valence electrons. The summed E-state index contributed by atoms with van der Waals surface area (Å²) in [6.45, 7) is 6.46. The largest absolute Gasteiger partial charge is 0.350 e. The maximum absolute atomic E-state index is 12.3. The number of carbonyl (C=O) groups is 1. The Kier molecular flexibility index (Phi) is 5.44. The van der Waals surface area contributed by atoms with Gasteiger partial charge in [0.2, 0.25) is 0 Å². The summed E-state index contributed by atoms with van der Waals surface area (Å²) in [5, 5.41) is 6.57. The second kappa shape index (κ2) is 8.15. The second-order valence-corrected chi connectivity index (χ2v) is 7.14. The van der Waals surface area contributed by atoms with Crippen molar-refractivity contribution < 1.29 is 4.79 Å². The van der Waals surface area contributed by atoms with Crippen molar-refractivity contribution in [3.63, 3.8) is 0 Å². The van der Waals surface area contributed by atoms with E-state index in [1.807, 2.05) is 32.0 Å². The minimum Gasteiger partial charge on any atom is -0.350 e. The first-order valence-corrected chi connectivity index (χ1v) is 10.4. The Hall–Kier alpha value is -2.66. The van der Waals surface area contributed by atoms with E-state index >= 15 is 0 Å². The Morgan fingerprint density at radius 2 is 1.86 bits per heavy atom. The number of carbonyl (C=O) groups excluding carboxylic acids is 1. The molecule has 0 saturated carbocycles. The lowest BCUT2D eigenvalue weighted by Gasteiger charge is -2.24. The van der Waals surface area contributed by atoms with E-state index in [0.717, 1.165) is 35.5 Å². The number of imidazole rings is 1. The SMILES string of the molecule is CC.O=C1NCCn2c(-c3ccc(C4CCCCN4)cc3)nc3cccc1c32. The first-order chi connectivity index (χ1) is 13.8. The Morgan fingerprint density at radius 1 is 1.04 bits per heavy atom. The molecule has 0 spiro atoms. The zero-order chi connectivity index (χ0) is 19.5. The van der Waals surface area contributed by atoms with E-state index in [-0.39, 0.29) is 5.91 Å². The molecule has 1 saturated heterocycles. The fourth-order valence-electron chi connectivity index (χ4n) is 4.18. The van der Waals surface area contributed by atoms with Gasteiger partial charge in [0.05, 0.1) is 16.6 Å². The highest BCUT2D eigenvalue weighted by Crippen LogP contribution is 2.30. The van der Waals surface area contributed by atoms with E-state index < -0.39 is 0 Å². The van der Waals surface area contributed by atoms with Crippen LogP contribution in [0, 0.1) is 0 Å². The number of hydrogen-bond donors (Lipinski definition) is 2. The molecule has 28 heavy (non-hydrogen) atoms. The summed E-state index contributed by atoms with van der Waals surface area (Å²) < 4.78 is 2.18. The maximum atomic E-state index is 12.3. The Bertz CT molecular complexity index is 968. The van der Waals surface area contributed by atoms with Gasteiger partial charge in [-0.3, -0.25) is 4.79 Å². The van der Waals surface area contributed by atoms with Crippen LogP contribution in [0.15, 0.2) is 42.5 Å². The van der Waals surface area contributed by atoms with Crippen molar-refractivity contribution in [1.82, 2.24) is 20.2 Å². The highest BCUT2D eigenvalue weighted by Gasteiger charge is 2.22. The van der Waals surface area contributed by atoms with Crippen LogP contribution in [0.25, 0.3) is 22.4 Å². The van der Waals surface area contributed by atoms with E-state index in [2.05, 4.69) is 39.5 Å². The lowest BCUT2D eigenvalue weighted by atomic mass is 9.97. The van der Waals surface area contributed by atoms with Gasteiger partial charge < -0.3 is 15.2 Å². The second-order valence-electron chi connectivity index (χ2n) is 7.14. The van der Waals surface area contributed by atoms with Crippen molar-refractivity contribution in [2.45, 2.75) is 45.7 Å². The monoisotopic (exact) mass is 376 g/mol. The van der Waals surface area contributed by atoms with Gasteiger partial charge in [0.15, 0.2) is 0 Å². The van der Waals surface area contributed by atoms with Crippen LogP contribution in [0.4, 0.5) is 0 Å². The minimum atomic E-state index is -0.0143. The fourth-order valence-corrected chi connectivity index (χ4v) is 4.18. The van der Waals surface area contributed by atoms with Gasteiger partial charge in [-0.1, -0.05) is 50.6 Å². The lowest BCUT2D eigenvalue weighted by Crippen LogP contribution is -2.26. The number of nitrogens with zero attached hydrogens (tertiary/aromatic N) is 2. The van der Waals surface area contributed by atoms with Crippen LogP contribution in [0.5, 0.6) is 0 Å². The third kappa shape index (κ3) is 3.31. The van der Waals surface area contributed by atoms with Crippen LogP contribution in [0.3, 0.4) is 0 Å². The van der Waals surface area contributed by atoms with Gasteiger partial charge in [-0.2, -0.15) is 0 Å². The molecule has 1 fully saturated rings. The number of aromatic nitrogens is 2. The highest BCUT2D eigenvalue weighted by atomic mass is 16.1. The number of rotatable bonds is 2. The van der Waals surface area contributed by atoms with Gasteiger partial charge in [0.25, 0.3) is 5.91 Å². The van der Waals surface area contributed by atoms with E-state index in [1.54, 1.807) is 0 Å². The zero-order valence-electron chi connectivity index (χ0n) is 16.7. The van der Waals surface area contributed by atoms with Gasteiger partial charge in [0, 0.05) is 24.7 Å². The predicted octanol–water partition coefficient (Wildman–Crippen LogP) is 4.29. The number of benzene rings is 2. The van der Waals surface area contributed by atoms with Crippen molar-refractivity contribution in [2.75, 3.05) is 13.1 Å². The van der Waals surface area contributed by atoms with Crippen LogP contribution < -0.4 is 10.6 Å². The smallest absolute Gasteiger partial charge is 0.253 e. The lowest BCUT2D eigenvalue weighted by molar-refractivity contribution is 0.0956. The average molecular weight is 377 g/mol. The van der Waals surface area contributed by atoms with E-state index in [1.165, 1.54) is 24.8 Å². The summed E-state index contributed by atoms with van der Waals surface area (Å²) in [6, 6.07) is 15.0. The summed E-state index contributed by atoms with van der Waals surface area (Å²) in [4.78, 5) is 17.1. The zero-order valence-corrected chi connectivity index (χ0v) is 16.7. The highest BCUT2D eigenvalue weighted by molar-refractivity contribution is 6.06. The molecule has 2 aliphatic heterocycles. The molecular formula is C23H28N4O. The molecule has 2 aromatic carbocycles. The van der Waals surface area contributed by atoms with Gasteiger partial charge >= 0.3 is 0 Å². The van der Waals surface area contributed by atoms with E-state index in [4.69, 9.17) is 4.98 Å². The summed E-state index contributed by atoms with van der Waals surface area (Å²) >= 11 is 0. The normalized spacial score (nSPS) is 18.8. The van der Waals surface area contributed by atoms with Gasteiger partial charge in [-0.15, -0.1) is 0 Å². The summed E-state index contributed by atoms with van der Waals surface area (Å²) in [5.41, 5.74) is 4.98. The quantitative estimate of drug-likeness (QED) is 0.701. The summed E-state index contributed by atoms with van der Waals surface area (Å²) in [5.74, 6) is 0.923. The van der Waals surface area contributed by atoms with Crippen LogP contribution in [-0.4, -0.2) is 28.5 Å². The number of para-hydroxylation sites is 1.